The average Bonchev–Trinajstić information content (AvgIpc) is 2.74. The Bertz CT molecular complexity index is 407. The van der Waals surface area contributed by atoms with Gasteiger partial charge in [-0.2, -0.15) is 0 Å². The van der Waals surface area contributed by atoms with Gasteiger partial charge >= 0.3 is 0 Å². The number of aliphatic hydroxyl groups is 1. The van der Waals surface area contributed by atoms with Gasteiger partial charge in [0.05, 0.1) is 6.10 Å². The fourth-order valence-electron chi connectivity index (χ4n) is 3.61. The Morgan fingerprint density at radius 2 is 2.00 bits per heavy atom. The molecule has 16 heavy (non-hydrogen) atoms. The molecule has 0 radical (unpaired) electrons. The molecule has 0 amide bonds. The van der Waals surface area contributed by atoms with E-state index >= 15 is 0 Å². The number of hydrogen-bond donors (Lipinski definition) is 1. The zero-order valence-corrected chi connectivity index (χ0v) is 10.1. The number of aryl methyl sites for hydroxylation is 1. The van der Waals surface area contributed by atoms with Gasteiger partial charge in [-0.1, -0.05) is 30.5 Å². The molecular formula is C14H17ClO. The molecule has 86 valence electrons. The van der Waals surface area contributed by atoms with Crippen molar-refractivity contribution >= 4 is 11.6 Å². The second-order valence-corrected chi connectivity index (χ2v) is 5.66. The number of rotatable bonds is 0. The van der Waals surface area contributed by atoms with E-state index in [4.69, 9.17) is 11.6 Å². The van der Waals surface area contributed by atoms with E-state index in [9.17, 15) is 5.11 Å². The first-order valence-electron chi connectivity index (χ1n) is 6.19. The van der Waals surface area contributed by atoms with Gasteiger partial charge in [-0.15, -0.1) is 0 Å². The maximum absolute atomic E-state index is 10.3. The predicted molar refractivity (Wildman–Crippen MR) is 65.9 cm³/mol. The molecule has 1 atom stereocenters. The Morgan fingerprint density at radius 3 is 2.75 bits per heavy atom. The number of halogens is 1. The number of benzene rings is 1. The quantitative estimate of drug-likeness (QED) is 0.732. The highest BCUT2D eigenvalue weighted by Crippen LogP contribution is 2.49. The molecule has 2 aliphatic carbocycles. The smallest absolute Gasteiger partial charge is 0.0640 e. The zero-order valence-electron chi connectivity index (χ0n) is 9.38. The normalized spacial score (nSPS) is 27.0. The molecule has 1 aromatic carbocycles. The van der Waals surface area contributed by atoms with Gasteiger partial charge in [-0.3, -0.25) is 0 Å². The maximum atomic E-state index is 10.3. The van der Waals surface area contributed by atoms with Gasteiger partial charge in [0.25, 0.3) is 0 Å². The molecule has 1 saturated carbocycles. The van der Waals surface area contributed by atoms with Gasteiger partial charge < -0.3 is 5.11 Å². The number of hydrogen-bond acceptors (Lipinski definition) is 1. The summed E-state index contributed by atoms with van der Waals surface area (Å²) in [5.41, 5.74) is 2.78. The highest BCUT2D eigenvalue weighted by molar-refractivity contribution is 6.30. The lowest BCUT2D eigenvalue weighted by Gasteiger charge is -2.40. The monoisotopic (exact) mass is 236 g/mol. The van der Waals surface area contributed by atoms with E-state index in [1.54, 1.807) is 0 Å². The van der Waals surface area contributed by atoms with Crippen LogP contribution in [0.5, 0.6) is 0 Å². The van der Waals surface area contributed by atoms with Crippen molar-refractivity contribution in [2.75, 3.05) is 0 Å². The Kier molecular flexibility index (Phi) is 2.49. The predicted octanol–water partition coefficient (Wildman–Crippen LogP) is 3.46. The molecule has 1 fully saturated rings. The summed E-state index contributed by atoms with van der Waals surface area (Å²) < 4.78 is 0. The molecule has 1 N–H and O–H groups in total. The lowest BCUT2D eigenvalue weighted by atomic mass is 9.67. The van der Waals surface area contributed by atoms with Crippen LogP contribution in [0.4, 0.5) is 0 Å². The van der Waals surface area contributed by atoms with Crippen LogP contribution in [0.1, 0.15) is 43.2 Å². The zero-order chi connectivity index (χ0) is 11.2. The molecule has 0 aromatic heterocycles. The fourth-order valence-corrected chi connectivity index (χ4v) is 3.81. The molecule has 2 heteroatoms. The molecule has 0 aliphatic heterocycles. The van der Waals surface area contributed by atoms with E-state index in [-0.39, 0.29) is 11.5 Å². The third-order valence-electron chi connectivity index (χ3n) is 4.42. The van der Waals surface area contributed by atoms with Gasteiger partial charge in [-0.25, -0.2) is 0 Å². The van der Waals surface area contributed by atoms with Crippen LogP contribution in [0.15, 0.2) is 18.2 Å². The van der Waals surface area contributed by atoms with Crippen molar-refractivity contribution in [3.8, 4) is 0 Å². The molecule has 0 bridgehead atoms. The van der Waals surface area contributed by atoms with Gasteiger partial charge in [0.2, 0.25) is 0 Å². The topological polar surface area (TPSA) is 20.2 Å². The summed E-state index contributed by atoms with van der Waals surface area (Å²) in [6, 6.07) is 6.20. The van der Waals surface area contributed by atoms with Crippen LogP contribution in [-0.4, -0.2) is 11.2 Å². The second-order valence-electron chi connectivity index (χ2n) is 5.22. The fraction of sp³-hybridized carbons (Fsp3) is 0.571. The standard InChI is InChI=1S/C14H17ClO/c15-11-4-5-12-10(9-11)3-6-13(16)14(12)7-1-2-8-14/h4-5,9,13,16H,1-3,6-8H2. The van der Waals surface area contributed by atoms with Gasteiger partial charge in [-0.05, 0) is 48.9 Å². The van der Waals surface area contributed by atoms with Crippen molar-refractivity contribution in [3.05, 3.63) is 34.3 Å². The van der Waals surface area contributed by atoms with Crippen molar-refractivity contribution in [2.45, 2.75) is 50.0 Å². The van der Waals surface area contributed by atoms with Crippen LogP contribution in [-0.2, 0) is 11.8 Å². The van der Waals surface area contributed by atoms with Crippen molar-refractivity contribution in [1.82, 2.24) is 0 Å². The molecule has 1 spiro atoms. The second kappa shape index (κ2) is 3.75. The van der Waals surface area contributed by atoms with Gasteiger partial charge in [0.15, 0.2) is 0 Å². The molecule has 1 unspecified atom stereocenters. The van der Waals surface area contributed by atoms with Crippen LogP contribution < -0.4 is 0 Å². The summed E-state index contributed by atoms with van der Waals surface area (Å²) in [5, 5.41) is 11.2. The Labute approximate surface area is 101 Å². The van der Waals surface area contributed by atoms with Crippen molar-refractivity contribution in [3.63, 3.8) is 0 Å². The molecule has 2 aliphatic rings. The molecular weight excluding hydrogens is 220 g/mol. The first-order valence-corrected chi connectivity index (χ1v) is 6.57. The van der Waals surface area contributed by atoms with Crippen molar-refractivity contribution in [1.29, 1.82) is 0 Å². The minimum atomic E-state index is -0.149. The highest BCUT2D eigenvalue weighted by Gasteiger charge is 2.45. The summed E-state index contributed by atoms with van der Waals surface area (Å²) >= 11 is 6.05. The lowest BCUT2D eigenvalue weighted by Crippen LogP contribution is -2.41. The SMILES string of the molecule is OC1CCc2cc(Cl)ccc2C12CCCC2. The van der Waals surface area contributed by atoms with E-state index in [1.165, 1.54) is 24.0 Å². The van der Waals surface area contributed by atoms with Crippen molar-refractivity contribution in [2.24, 2.45) is 0 Å². The van der Waals surface area contributed by atoms with Crippen LogP contribution in [0.3, 0.4) is 0 Å². The Balaban J connectivity index is 2.13. The number of fused-ring (bicyclic) bond motifs is 2. The largest absolute Gasteiger partial charge is 0.392 e. The third kappa shape index (κ3) is 1.42. The minimum absolute atomic E-state index is 0.0537. The van der Waals surface area contributed by atoms with Gasteiger partial charge in [0.1, 0.15) is 0 Å². The summed E-state index contributed by atoms with van der Waals surface area (Å²) in [6.45, 7) is 0. The lowest BCUT2D eigenvalue weighted by molar-refractivity contribution is 0.0661. The molecule has 1 nitrogen and oxygen atoms in total. The first kappa shape index (κ1) is 10.6. The van der Waals surface area contributed by atoms with E-state index in [0.717, 1.165) is 30.7 Å². The molecule has 3 rings (SSSR count). The highest BCUT2D eigenvalue weighted by atomic mass is 35.5. The average molecular weight is 237 g/mol. The first-order chi connectivity index (χ1) is 7.72. The van der Waals surface area contributed by atoms with Crippen LogP contribution in [0, 0.1) is 0 Å². The molecule has 0 heterocycles. The van der Waals surface area contributed by atoms with E-state index in [1.807, 2.05) is 6.07 Å². The summed E-state index contributed by atoms with van der Waals surface area (Å²) in [6.07, 6.45) is 6.50. The minimum Gasteiger partial charge on any atom is -0.392 e. The van der Waals surface area contributed by atoms with E-state index in [2.05, 4.69) is 12.1 Å². The van der Waals surface area contributed by atoms with E-state index in [0.29, 0.717) is 0 Å². The molecule has 1 aromatic rings. The maximum Gasteiger partial charge on any atom is 0.0640 e. The van der Waals surface area contributed by atoms with Crippen LogP contribution >= 0.6 is 11.6 Å². The third-order valence-corrected chi connectivity index (χ3v) is 4.66. The Hall–Kier alpha value is -0.530. The van der Waals surface area contributed by atoms with Crippen LogP contribution in [0.2, 0.25) is 5.02 Å². The molecule has 0 saturated heterocycles. The summed E-state index contributed by atoms with van der Waals surface area (Å²) in [5.74, 6) is 0. The Morgan fingerprint density at radius 1 is 1.25 bits per heavy atom. The van der Waals surface area contributed by atoms with Gasteiger partial charge in [0, 0.05) is 10.4 Å². The summed E-state index contributed by atoms with van der Waals surface area (Å²) in [4.78, 5) is 0. The number of aliphatic hydroxyl groups excluding tert-OH is 1. The van der Waals surface area contributed by atoms with Crippen molar-refractivity contribution < 1.29 is 5.11 Å². The van der Waals surface area contributed by atoms with E-state index < -0.39 is 0 Å². The summed E-state index contributed by atoms with van der Waals surface area (Å²) in [7, 11) is 0. The van der Waals surface area contributed by atoms with Crippen LogP contribution in [0.25, 0.3) is 0 Å².